The van der Waals surface area contributed by atoms with E-state index in [-0.39, 0.29) is 24.8 Å². The van der Waals surface area contributed by atoms with Crippen molar-refractivity contribution in [3.63, 3.8) is 0 Å². The fraction of sp³-hybridized carbons (Fsp3) is 0.217. The molecule has 3 rings (SSSR count). The molecule has 0 aromatic heterocycles. The largest absolute Gasteiger partial charge is 0.491 e. The number of amides is 2. The number of methoxy groups -OCH3 is 1. The molecule has 2 N–H and O–H groups in total. The zero-order chi connectivity index (χ0) is 20.5. The molecule has 6 heteroatoms. The van der Waals surface area contributed by atoms with Gasteiger partial charge in [-0.2, -0.15) is 0 Å². The molecule has 0 aliphatic carbocycles. The molecular formula is C23H24N2O4. The third-order valence-electron chi connectivity index (χ3n) is 4.37. The summed E-state index contributed by atoms with van der Waals surface area (Å²) in [6.07, 6.45) is 0.224. The van der Waals surface area contributed by atoms with Crippen LogP contribution < -0.4 is 15.4 Å². The van der Waals surface area contributed by atoms with Gasteiger partial charge in [0.2, 0.25) is 11.8 Å². The maximum atomic E-state index is 12.3. The third-order valence-corrected chi connectivity index (χ3v) is 4.37. The van der Waals surface area contributed by atoms with Crippen LogP contribution in [-0.2, 0) is 20.7 Å². The maximum Gasteiger partial charge on any atom is 0.243 e. The van der Waals surface area contributed by atoms with Crippen molar-refractivity contribution in [1.29, 1.82) is 0 Å². The smallest absolute Gasteiger partial charge is 0.243 e. The van der Waals surface area contributed by atoms with Gasteiger partial charge in [0.25, 0.3) is 0 Å². The summed E-state index contributed by atoms with van der Waals surface area (Å²) >= 11 is 0. The van der Waals surface area contributed by atoms with E-state index in [2.05, 4.69) is 10.6 Å². The van der Waals surface area contributed by atoms with Crippen molar-refractivity contribution in [3.8, 4) is 5.75 Å². The molecule has 6 nitrogen and oxygen atoms in total. The summed E-state index contributed by atoms with van der Waals surface area (Å²) in [6.45, 7) is 0.886. The van der Waals surface area contributed by atoms with E-state index >= 15 is 0 Å². The molecule has 2 amide bonds. The summed E-state index contributed by atoms with van der Waals surface area (Å²) in [7, 11) is 1.61. The van der Waals surface area contributed by atoms with E-state index in [1.165, 1.54) is 0 Å². The Labute approximate surface area is 169 Å². The lowest BCUT2D eigenvalue weighted by molar-refractivity contribution is -0.123. The van der Waals surface area contributed by atoms with E-state index in [0.29, 0.717) is 24.7 Å². The number of carbonyl (C=O) groups excluding carboxylic acids is 2. The van der Waals surface area contributed by atoms with E-state index in [9.17, 15) is 9.59 Å². The van der Waals surface area contributed by atoms with Crippen LogP contribution in [0, 0.1) is 0 Å². The number of fused-ring (bicyclic) bond motifs is 1. The van der Waals surface area contributed by atoms with Crippen LogP contribution in [0.25, 0.3) is 10.8 Å². The Kier molecular flexibility index (Phi) is 7.19. The second kappa shape index (κ2) is 10.2. The SMILES string of the molecule is COCCOc1ccc(NC(=O)CNC(=O)Cc2cccc3ccccc23)cc1. The summed E-state index contributed by atoms with van der Waals surface area (Å²) in [4.78, 5) is 24.4. The van der Waals surface area contributed by atoms with E-state index in [1.807, 2.05) is 42.5 Å². The van der Waals surface area contributed by atoms with Gasteiger partial charge in [-0.05, 0) is 40.6 Å². The van der Waals surface area contributed by atoms with Crippen LogP contribution in [0.2, 0.25) is 0 Å². The Morgan fingerprint density at radius 2 is 1.62 bits per heavy atom. The highest BCUT2D eigenvalue weighted by Crippen LogP contribution is 2.19. The lowest BCUT2D eigenvalue weighted by Crippen LogP contribution is -2.33. The van der Waals surface area contributed by atoms with Crippen LogP contribution in [0.5, 0.6) is 5.75 Å². The lowest BCUT2D eigenvalue weighted by atomic mass is 10.0. The number of hydrogen-bond donors (Lipinski definition) is 2. The van der Waals surface area contributed by atoms with Crippen molar-refractivity contribution < 1.29 is 19.1 Å². The Hall–Kier alpha value is -3.38. The molecular weight excluding hydrogens is 368 g/mol. The van der Waals surface area contributed by atoms with Crippen LogP contribution in [0.3, 0.4) is 0 Å². The molecule has 0 saturated heterocycles. The van der Waals surface area contributed by atoms with Gasteiger partial charge in [0.15, 0.2) is 0 Å². The average Bonchev–Trinajstić information content (AvgIpc) is 2.74. The Bertz CT molecular complexity index is 965. The first-order chi connectivity index (χ1) is 14.2. The molecule has 0 radical (unpaired) electrons. The predicted molar refractivity (Wildman–Crippen MR) is 113 cm³/mol. The first-order valence-electron chi connectivity index (χ1n) is 9.40. The zero-order valence-corrected chi connectivity index (χ0v) is 16.3. The van der Waals surface area contributed by atoms with Gasteiger partial charge in [-0.15, -0.1) is 0 Å². The minimum absolute atomic E-state index is 0.0876. The number of rotatable bonds is 9. The molecule has 0 spiro atoms. The Morgan fingerprint density at radius 3 is 2.41 bits per heavy atom. The monoisotopic (exact) mass is 392 g/mol. The second-order valence-corrected chi connectivity index (χ2v) is 6.51. The van der Waals surface area contributed by atoms with Crippen LogP contribution in [0.4, 0.5) is 5.69 Å². The van der Waals surface area contributed by atoms with E-state index < -0.39 is 0 Å². The van der Waals surface area contributed by atoms with Crippen molar-refractivity contribution in [2.24, 2.45) is 0 Å². The fourth-order valence-electron chi connectivity index (χ4n) is 2.94. The minimum Gasteiger partial charge on any atom is -0.491 e. The summed E-state index contributed by atoms with van der Waals surface area (Å²) in [5.74, 6) is 0.214. The molecule has 0 aliphatic heterocycles. The van der Waals surface area contributed by atoms with Crippen LogP contribution in [0.15, 0.2) is 66.7 Å². The van der Waals surface area contributed by atoms with Gasteiger partial charge in [-0.3, -0.25) is 9.59 Å². The van der Waals surface area contributed by atoms with Crippen molar-refractivity contribution in [2.75, 3.05) is 32.2 Å². The number of benzene rings is 3. The van der Waals surface area contributed by atoms with Gasteiger partial charge in [0, 0.05) is 12.8 Å². The van der Waals surface area contributed by atoms with E-state index in [4.69, 9.17) is 9.47 Å². The molecule has 0 heterocycles. The van der Waals surface area contributed by atoms with Gasteiger partial charge < -0.3 is 20.1 Å². The zero-order valence-electron chi connectivity index (χ0n) is 16.3. The van der Waals surface area contributed by atoms with Gasteiger partial charge in [-0.1, -0.05) is 42.5 Å². The molecule has 150 valence electrons. The number of ether oxygens (including phenoxy) is 2. The van der Waals surface area contributed by atoms with Gasteiger partial charge in [0.05, 0.1) is 19.6 Å². The first kappa shape index (κ1) is 20.4. The van der Waals surface area contributed by atoms with Crippen molar-refractivity contribution in [3.05, 3.63) is 72.3 Å². The number of carbonyl (C=O) groups is 2. The number of nitrogens with one attached hydrogen (secondary N) is 2. The topological polar surface area (TPSA) is 76.7 Å². The summed E-state index contributed by atoms with van der Waals surface area (Å²) in [5.41, 5.74) is 1.57. The molecule has 3 aromatic rings. The van der Waals surface area contributed by atoms with Gasteiger partial charge in [0.1, 0.15) is 12.4 Å². The van der Waals surface area contributed by atoms with Crippen molar-refractivity contribution in [1.82, 2.24) is 5.32 Å². The summed E-state index contributed by atoms with van der Waals surface area (Å²) in [6, 6.07) is 20.8. The third kappa shape index (κ3) is 6.05. The normalized spacial score (nSPS) is 10.5. The van der Waals surface area contributed by atoms with Gasteiger partial charge >= 0.3 is 0 Å². The quantitative estimate of drug-likeness (QED) is 0.549. The van der Waals surface area contributed by atoms with Crippen LogP contribution in [0.1, 0.15) is 5.56 Å². The Balaban J connectivity index is 1.47. The molecule has 29 heavy (non-hydrogen) atoms. The highest BCUT2D eigenvalue weighted by atomic mass is 16.5. The summed E-state index contributed by atoms with van der Waals surface area (Å²) < 4.78 is 10.4. The van der Waals surface area contributed by atoms with Crippen LogP contribution in [-0.4, -0.2) is 38.7 Å². The fourth-order valence-corrected chi connectivity index (χ4v) is 2.94. The molecule has 0 fully saturated rings. The molecule has 0 aliphatic rings. The number of hydrogen-bond acceptors (Lipinski definition) is 4. The highest BCUT2D eigenvalue weighted by molar-refractivity contribution is 5.95. The predicted octanol–water partition coefficient (Wildman–Crippen LogP) is 3.16. The average molecular weight is 392 g/mol. The molecule has 0 atom stereocenters. The number of anilines is 1. The molecule has 0 bridgehead atoms. The minimum atomic E-state index is -0.288. The highest BCUT2D eigenvalue weighted by Gasteiger charge is 2.09. The second-order valence-electron chi connectivity index (χ2n) is 6.51. The van der Waals surface area contributed by atoms with E-state index in [0.717, 1.165) is 16.3 Å². The Morgan fingerprint density at radius 1 is 0.862 bits per heavy atom. The van der Waals surface area contributed by atoms with Crippen LogP contribution >= 0.6 is 0 Å². The molecule has 3 aromatic carbocycles. The molecule has 0 unspecified atom stereocenters. The maximum absolute atomic E-state index is 12.3. The van der Waals surface area contributed by atoms with Crippen molar-refractivity contribution in [2.45, 2.75) is 6.42 Å². The summed E-state index contributed by atoms with van der Waals surface area (Å²) in [5, 5.41) is 7.56. The standard InChI is InChI=1S/C23H24N2O4/c1-28-13-14-29-20-11-9-19(10-12-20)25-23(27)16-24-22(26)15-18-7-4-6-17-5-2-3-8-21(17)18/h2-12H,13-16H2,1H3,(H,24,26)(H,25,27). The first-order valence-corrected chi connectivity index (χ1v) is 9.40. The lowest BCUT2D eigenvalue weighted by Gasteiger charge is -2.10. The van der Waals surface area contributed by atoms with Gasteiger partial charge in [-0.25, -0.2) is 0 Å². The van der Waals surface area contributed by atoms with E-state index in [1.54, 1.807) is 31.4 Å². The van der Waals surface area contributed by atoms with Crippen molar-refractivity contribution >= 4 is 28.3 Å². The molecule has 0 saturated carbocycles.